The maximum Gasteiger partial charge on any atom is 0.324 e. The molecule has 0 atom stereocenters. The van der Waals surface area contributed by atoms with E-state index in [1.165, 1.54) is 0 Å². The highest BCUT2D eigenvalue weighted by molar-refractivity contribution is 5.99. The van der Waals surface area contributed by atoms with Crippen molar-refractivity contribution in [1.82, 2.24) is 4.98 Å². The quantitative estimate of drug-likeness (QED) is 0.508. The van der Waals surface area contributed by atoms with Crippen molar-refractivity contribution >= 4 is 23.9 Å². The zero-order valence-electron chi connectivity index (χ0n) is 9.76. The van der Waals surface area contributed by atoms with Crippen LogP contribution < -0.4 is 0 Å². The van der Waals surface area contributed by atoms with Gasteiger partial charge in [-0.1, -0.05) is 6.07 Å². The van der Waals surface area contributed by atoms with Crippen molar-refractivity contribution in [2.75, 3.05) is 0 Å². The van der Waals surface area contributed by atoms with Crippen LogP contribution >= 0.6 is 0 Å². The summed E-state index contributed by atoms with van der Waals surface area (Å²) in [7, 11) is 0. The van der Waals surface area contributed by atoms with Gasteiger partial charge >= 0.3 is 23.9 Å². The summed E-state index contributed by atoms with van der Waals surface area (Å²) in [6.45, 7) is 0. The van der Waals surface area contributed by atoms with Crippen molar-refractivity contribution in [3.63, 3.8) is 0 Å². The maximum absolute atomic E-state index is 10.8. The second-order valence-corrected chi connectivity index (χ2v) is 3.71. The lowest BCUT2D eigenvalue weighted by molar-refractivity contribution is -0.151. The van der Waals surface area contributed by atoms with E-state index in [0.29, 0.717) is 0 Å². The van der Waals surface area contributed by atoms with E-state index in [-0.39, 0.29) is 0 Å². The number of aromatic nitrogens is 1. The van der Waals surface area contributed by atoms with Crippen molar-refractivity contribution in [3.8, 4) is 0 Å². The van der Waals surface area contributed by atoms with Gasteiger partial charge in [0.25, 0.3) is 0 Å². The Morgan fingerprint density at radius 2 is 1.05 bits per heavy atom. The van der Waals surface area contributed by atoms with E-state index < -0.39 is 47.1 Å². The fourth-order valence-electron chi connectivity index (χ4n) is 1.51. The number of carboxylic acid groups (broad SMARTS) is 4. The molecular formula is C11H9NO8. The Bertz CT molecular complexity index is 506. The van der Waals surface area contributed by atoms with Crippen LogP contribution in [0.15, 0.2) is 18.2 Å². The molecule has 0 aliphatic heterocycles. The number of carboxylic acids is 4. The number of pyridine rings is 1. The van der Waals surface area contributed by atoms with Crippen molar-refractivity contribution in [2.45, 2.75) is 11.8 Å². The Hall–Kier alpha value is -2.97. The second-order valence-electron chi connectivity index (χ2n) is 3.71. The lowest BCUT2D eigenvalue weighted by Crippen LogP contribution is -2.25. The zero-order chi connectivity index (χ0) is 15.4. The molecule has 0 radical (unpaired) electrons. The van der Waals surface area contributed by atoms with Crippen LogP contribution in [0.25, 0.3) is 0 Å². The first-order valence-electron chi connectivity index (χ1n) is 5.13. The smallest absolute Gasteiger partial charge is 0.324 e. The SMILES string of the molecule is O=C(O)C(C(=O)O)c1cccc(C(C(=O)O)C(=O)O)n1. The van der Waals surface area contributed by atoms with Crippen molar-refractivity contribution in [2.24, 2.45) is 0 Å². The third-order valence-electron chi connectivity index (χ3n) is 2.37. The molecule has 0 amide bonds. The van der Waals surface area contributed by atoms with Crippen LogP contribution in [0.2, 0.25) is 0 Å². The molecule has 1 aromatic heterocycles. The fourth-order valence-corrected chi connectivity index (χ4v) is 1.51. The van der Waals surface area contributed by atoms with Crippen LogP contribution in [0.5, 0.6) is 0 Å². The Morgan fingerprint density at radius 3 is 1.30 bits per heavy atom. The largest absolute Gasteiger partial charge is 0.480 e. The van der Waals surface area contributed by atoms with Gasteiger partial charge in [0.2, 0.25) is 0 Å². The van der Waals surface area contributed by atoms with E-state index in [4.69, 9.17) is 20.4 Å². The average Bonchev–Trinajstić information content (AvgIpc) is 2.27. The molecule has 9 nitrogen and oxygen atoms in total. The molecule has 0 saturated heterocycles. The van der Waals surface area contributed by atoms with Gasteiger partial charge in [-0.15, -0.1) is 0 Å². The van der Waals surface area contributed by atoms with Crippen LogP contribution in [0.1, 0.15) is 23.2 Å². The third kappa shape index (κ3) is 3.07. The van der Waals surface area contributed by atoms with E-state index >= 15 is 0 Å². The molecule has 0 bridgehead atoms. The molecule has 0 fully saturated rings. The lowest BCUT2D eigenvalue weighted by atomic mass is 10.0. The first-order chi connectivity index (χ1) is 9.25. The molecule has 0 saturated carbocycles. The monoisotopic (exact) mass is 283 g/mol. The van der Waals surface area contributed by atoms with Gasteiger partial charge in [-0.05, 0) is 12.1 Å². The lowest BCUT2D eigenvalue weighted by Gasteiger charge is -2.11. The molecule has 1 rings (SSSR count). The molecule has 0 aliphatic rings. The van der Waals surface area contributed by atoms with E-state index in [0.717, 1.165) is 18.2 Å². The number of hydrogen-bond acceptors (Lipinski definition) is 5. The Balaban J connectivity index is 3.31. The number of rotatable bonds is 6. The van der Waals surface area contributed by atoms with Crippen molar-refractivity contribution < 1.29 is 39.6 Å². The summed E-state index contributed by atoms with van der Waals surface area (Å²) in [6, 6.07) is 3.28. The highest BCUT2D eigenvalue weighted by Crippen LogP contribution is 2.19. The summed E-state index contributed by atoms with van der Waals surface area (Å²) in [4.78, 5) is 46.9. The van der Waals surface area contributed by atoms with Crippen LogP contribution in [0.4, 0.5) is 0 Å². The highest BCUT2D eigenvalue weighted by atomic mass is 16.4. The van der Waals surface area contributed by atoms with Crippen LogP contribution in [-0.4, -0.2) is 49.3 Å². The van der Waals surface area contributed by atoms with Gasteiger partial charge in [0.15, 0.2) is 11.8 Å². The van der Waals surface area contributed by atoms with Gasteiger partial charge in [-0.2, -0.15) is 0 Å². The summed E-state index contributed by atoms with van der Waals surface area (Å²) in [5, 5.41) is 35.2. The normalized spacial score (nSPS) is 10.5. The molecule has 20 heavy (non-hydrogen) atoms. The van der Waals surface area contributed by atoms with Crippen molar-refractivity contribution in [3.05, 3.63) is 29.6 Å². The Labute approximate surface area is 111 Å². The number of carbonyl (C=O) groups is 4. The van der Waals surface area contributed by atoms with E-state index in [1.807, 2.05) is 0 Å². The zero-order valence-corrected chi connectivity index (χ0v) is 9.76. The Morgan fingerprint density at radius 1 is 0.750 bits per heavy atom. The third-order valence-corrected chi connectivity index (χ3v) is 2.37. The molecule has 4 N–H and O–H groups in total. The van der Waals surface area contributed by atoms with Gasteiger partial charge in [0.1, 0.15) is 0 Å². The van der Waals surface area contributed by atoms with Gasteiger partial charge in [-0.25, -0.2) is 0 Å². The van der Waals surface area contributed by atoms with Crippen LogP contribution in [0.3, 0.4) is 0 Å². The summed E-state index contributed by atoms with van der Waals surface area (Å²) in [6.07, 6.45) is 0. The molecule has 0 aliphatic carbocycles. The van der Waals surface area contributed by atoms with E-state index in [9.17, 15) is 19.2 Å². The fraction of sp³-hybridized carbons (Fsp3) is 0.182. The summed E-state index contributed by atoms with van der Waals surface area (Å²) in [5.41, 5.74) is -0.898. The predicted octanol–water partition coefficient (Wildman–Crippen LogP) is -0.413. The molecule has 1 heterocycles. The van der Waals surface area contributed by atoms with E-state index in [2.05, 4.69) is 4.98 Å². The van der Waals surface area contributed by atoms with Crippen LogP contribution in [0, 0.1) is 0 Å². The molecule has 1 aromatic rings. The Kier molecular flexibility index (Phi) is 4.36. The van der Waals surface area contributed by atoms with Crippen molar-refractivity contribution in [1.29, 1.82) is 0 Å². The number of aliphatic carboxylic acids is 4. The first kappa shape index (κ1) is 15.1. The molecule has 106 valence electrons. The van der Waals surface area contributed by atoms with Gasteiger partial charge in [0, 0.05) is 0 Å². The molecule has 0 spiro atoms. The molecule has 9 heteroatoms. The topological polar surface area (TPSA) is 162 Å². The summed E-state index contributed by atoms with van der Waals surface area (Å²) < 4.78 is 0. The van der Waals surface area contributed by atoms with E-state index in [1.54, 1.807) is 0 Å². The maximum atomic E-state index is 10.8. The van der Waals surface area contributed by atoms with Gasteiger partial charge in [-0.3, -0.25) is 24.2 Å². The van der Waals surface area contributed by atoms with Gasteiger partial charge < -0.3 is 20.4 Å². The number of hydrogen-bond donors (Lipinski definition) is 4. The molecule has 0 unspecified atom stereocenters. The first-order valence-corrected chi connectivity index (χ1v) is 5.13. The molecular weight excluding hydrogens is 274 g/mol. The standard InChI is InChI=1S/C11H9NO8/c13-8(14)6(9(15)16)4-2-1-3-5(12-4)7(10(17)18)11(19)20/h1-3,6-7H,(H,13,14)(H,15,16)(H,17,18)(H,19,20). The minimum atomic E-state index is -2.00. The van der Waals surface area contributed by atoms with Crippen LogP contribution in [-0.2, 0) is 19.2 Å². The summed E-state index contributed by atoms with van der Waals surface area (Å²) >= 11 is 0. The number of nitrogens with zero attached hydrogens (tertiary/aromatic N) is 1. The summed E-state index contributed by atoms with van der Waals surface area (Å²) in [5.74, 6) is -10.8. The highest BCUT2D eigenvalue weighted by Gasteiger charge is 2.33. The molecule has 0 aromatic carbocycles. The minimum Gasteiger partial charge on any atom is -0.480 e. The minimum absolute atomic E-state index is 0.449. The average molecular weight is 283 g/mol. The second kappa shape index (κ2) is 5.78. The predicted molar refractivity (Wildman–Crippen MR) is 60.3 cm³/mol. The van der Waals surface area contributed by atoms with Gasteiger partial charge in [0.05, 0.1) is 11.4 Å².